The highest BCUT2D eigenvalue weighted by atomic mass is 32.1. The van der Waals surface area contributed by atoms with Crippen molar-refractivity contribution in [1.82, 2.24) is 5.32 Å². The van der Waals surface area contributed by atoms with E-state index in [0.717, 1.165) is 6.54 Å². The Kier molecular flexibility index (Phi) is 3.72. The molecule has 0 bridgehead atoms. The molecular weight excluding hydrogens is 250 g/mol. The fourth-order valence-electron chi connectivity index (χ4n) is 3.28. The molecule has 0 amide bonds. The van der Waals surface area contributed by atoms with Crippen molar-refractivity contribution in [3.05, 3.63) is 57.3 Å². The summed E-state index contributed by atoms with van der Waals surface area (Å²) >= 11 is 1.90. The Bertz CT molecular complexity index is 558. The van der Waals surface area contributed by atoms with Crippen LogP contribution in [0.3, 0.4) is 0 Å². The van der Waals surface area contributed by atoms with E-state index in [4.69, 9.17) is 0 Å². The molecule has 0 fully saturated rings. The molecule has 2 atom stereocenters. The van der Waals surface area contributed by atoms with Crippen molar-refractivity contribution in [2.24, 2.45) is 0 Å². The van der Waals surface area contributed by atoms with Crippen LogP contribution < -0.4 is 5.32 Å². The van der Waals surface area contributed by atoms with Crippen molar-refractivity contribution in [3.63, 3.8) is 0 Å². The van der Waals surface area contributed by atoms with E-state index in [0.29, 0.717) is 12.0 Å². The van der Waals surface area contributed by atoms with Gasteiger partial charge in [0.15, 0.2) is 0 Å². The van der Waals surface area contributed by atoms with E-state index >= 15 is 0 Å². The molecule has 0 saturated heterocycles. The van der Waals surface area contributed by atoms with Gasteiger partial charge in [0.2, 0.25) is 0 Å². The highest BCUT2D eigenvalue weighted by molar-refractivity contribution is 7.10. The number of rotatable bonds is 4. The number of hydrogen-bond donors (Lipinski definition) is 1. The smallest absolute Gasteiger partial charge is 0.0487 e. The Balaban J connectivity index is 1.96. The third-order valence-electron chi connectivity index (χ3n) is 4.19. The van der Waals surface area contributed by atoms with Crippen molar-refractivity contribution >= 4 is 11.3 Å². The Labute approximate surface area is 119 Å². The van der Waals surface area contributed by atoms with Crippen molar-refractivity contribution in [2.75, 3.05) is 6.54 Å². The molecule has 2 unspecified atom stereocenters. The van der Waals surface area contributed by atoms with Gasteiger partial charge in [0.25, 0.3) is 0 Å². The maximum absolute atomic E-state index is 3.72. The molecule has 1 heterocycles. The van der Waals surface area contributed by atoms with Gasteiger partial charge in [-0.25, -0.2) is 0 Å². The second-order valence-electron chi connectivity index (χ2n) is 5.35. The first-order valence-corrected chi connectivity index (χ1v) is 8.04. The van der Waals surface area contributed by atoms with E-state index in [1.165, 1.54) is 23.3 Å². The van der Waals surface area contributed by atoms with Gasteiger partial charge in [0.05, 0.1) is 0 Å². The lowest BCUT2D eigenvalue weighted by Gasteiger charge is -2.25. The number of likely N-dealkylation sites (N-methyl/N-ethyl adjacent to an activating group) is 1. The van der Waals surface area contributed by atoms with Crippen molar-refractivity contribution in [1.29, 1.82) is 0 Å². The van der Waals surface area contributed by atoms with Crippen LogP contribution in [0.4, 0.5) is 0 Å². The summed E-state index contributed by atoms with van der Waals surface area (Å²) in [5.41, 5.74) is 4.53. The maximum atomic E-state index is 3.72. The molecule has 0 spiro atoms. The summed E-state index contributed by atoms with van der Waals surface area (Å²) in [5, 5.41) is 5.94. The minimum atomic E-state index is 0.480. The van der Waals surface area contributed by atoms with Crippen LogP contribution in [0.1, 0.15) is 46.9 Å². The molecule has 1 aliphatic rings. The van der Waals surface area contributed by atoms with Gasteiger partial charge in [0, 0.05) is 16.8 Å². The second kappa shape index (κ2) is 5.48. The molecule has 1 aliphatic carbocycles. The van der Waals surface area contributed by atoms with E-state index in [1.54, 1.807) is 11.1 Å². The van der Waals surface area contributed by atoms with E-state index in [9.17, 15) is 0 Å². The molecule has 1 aromatic carbocycles. The standard InChI is InChI=1S/C17H21NS/c1-3-18-16(17-12(2)10-11-19-17)15-9-8-13-6-4-5-7-14(13)15/h4-7,10-11,15-16,18H,3,8-9H2,1-2H3. The highest BCUT2D eigenvalue weighted by Crippen LogP contribution is 2.43. The van der Waals surface area contributed by atoms with Crippen LogP contribution in [-0.4, -0.2) is 6.54 Å². The van der Waals surface area contributed by atoms with Crippen molar-refractivity contribution in [3.8, 4) is 0 Å². The molecule has 19 heavy (non-hydrogen) atoms. The van der Waals surface area contributed by atoms with Crippen LogP contribution in [0.2, 0.25) is 0 Å². The SMILES string of the molecule is CCNC(c1sccc1C)C1CCc2ccccc21. The van der Waals surface area contributed by atoms with Crippen molar-refractivity contribution in [2.45, 2.75) is 38.6 Å². The first-order valence-electron chi connectivity index (χ1n) is 7.16. The Hall–Kier alpha value is -1.12. The van der Waals surface area contributed by atoms with E-state index < -0.39 is 0 Å². The van der Waals surface area contributed by atoms with Crippen molar-refractivity contribution < 1.29 is 0 Å². The lowest BCUT2D eigenvalue weighted by Crippen LogP contribution is -2.25. The monoisotopic (exact) mass is 271 g/mol. The molecule has 3 rings (SSSR count). The summed E-state index contributed by atoms with van der Waals surface area (Å²) in [6.45, 7) is 5.47. The summed E-state index contributed by atoms with van der Waals surface area (Å²) in [6, 6.07) is 11.7. The normalized spacial score (nSPS) is 19.4. The quantitative estimate of drug-likeness (QED) is 0.867. The van der Waals surface area contributed by atoms with Gasteiger partial charge in [-0.1, -0.05) is 31.2 Å². The molecule has 0 aliphatic heterocycles. The van der Waals surface area contributed by atoms with Gasteiger partial charge in [-0.3, -0.25) is 0 Å². The fourth-order valence-corrected chi connectivity index (χ4v) is 4.34. The number of benzene rings is 1. The van der Waals surface area contributed by atoms with Crippen LogP contribution in [-0.2, 0) is 6.42 Å². The van der Waals surface area contributed by atoms with Gasteiger partial charge >= 0.3 is 0 Å². The molecule has 2 aromatic rings. The van der Waals surface area contributed by atoms with Gasteiger partial charge in [-0.15, -0.1) is 11.3 Å². The third kappa shape index (κ3) is 2.35. The molecule has 2 heteroatoms. The summed E-state index contributed by atoms with van der Waals surface area (Å²) in [6.07, 6.45) is 2.50. The number of hydrogen-bond acceptors (Lipinski definition) is 2. The Morgan fingerprint density at radius 2 is 2.16 bits per heavy atom. The molecule has 0 radical (unpaired) electrons. The minimum Gasteiger partial charge on any atom is -0.309 e. The third-order valence-corrected chi connectivity index (χ3v) is 5.29. The van der Waals surface area contributed by atoms with Crippen LogP contribution >= 0.6 is 11.3 Å². The number of fused-ring (bicyclic) bond motifs is 1. The first-order chi connectivity index (χ1) is 9.31. The number of thiophene rings is 1. The minimum absolute atomic E-state index is 0.480. The molecular formula is C17H21NS. The molecule has 100 valence electrons. The van der Waals surface area contributed by atoms with E-state index in [2.05, 4.69) is 54.9 Å². The van der Waals surface area contributed by atoms with E-state index in [1.807, 2.05) is 11.3 Å². The van der Waals surface area contributed by atoms with Gasteiger partial charge in [-0.2, -0.15) is 0 Å². The average Bonchev–Trinajstić information content (AvgIpc) is 3.03. The maximum Gasteiger partial charge on any atom is 0.0487 e. The highest BCUT2D eigenvalue weighted by Gasteiger charge is 2.31. The lowest BCUT2D eigenvalue weighted by atomic mass is 9.91. The topological polar surface area (TPSA) is 12.0 Å². The van der Waals surface area contributed by atoms with Gasteiger partial charge in [0.1, 0.15) is 0 Å². The van der Waals surface area contributed by atoms with E-state index in [-0.39, 0.29) is 0 Å². The van der Waals surface area contributed by atoms with Gasteiger partial charge in [-0.05, 0) is 54.4 Å². The largest absolute Gasteiger partial charge is 0.309 e. The fraction of sp³-hybridized carbons (Fsp3) is 0.412. The van der Waals surface area contributed by atoms with Gasteiger partial charge < -0.3 is 5.32 Å². The van der Waals surface area contributed by atoms with Crippen LogP contribution in [0, 0.1) is 6.92 Å². The lowest BCUT2D eigenvalue weighted by molar-refractivity contribution is 0.458. The summed E-state index contributed by atoms with van der Waals surface area (Å²) in [7, 11) is 0. The predicted octanol–water partition coefficient (Wildman–Crippen LogP) is 4.44. The summed E-state index contributed by atoms with van der Waals surface area (Å²) in [4.78, 5) is 1.52. The first kappa shape index (κ1) is 12.9. The van der Waals surface area contributed by atoms with Crippen LogP contribution in [0.25, 0.3) is 0 Å². The van der Waals surface area contributed by atoms with Crippen LogP contribution in [0.5, 0.6) is 0 Å². The molecule has 1 nitrogen and oxygen atoms in total. The Morgan fingerprint density at radius 1 is 1.32 bits per heavy atom. The molecule has 1 N–H and O–H groups in total. The summed E-state index contributed by atoms with van der Waals surface area (Å²) < 4.78 is 0. The number of aryl methyl sites for hydroxylation is 2. The Morgan fingerprint density at radius 3 is 2.89 bits per heavy atom. The zero-order chi connectivity index (χ0) is 13.2. The molecule has 0 saturated carbocycles. The number of nitrogens with one attached hydrogen (secondary N) is 1. The zero-order valence-corrected chi connectivity index (χ0v) is 12.5. The molecule has 1 aromatic heterocycles. The average molecular weight is 271 g/mol. The zero-order valence-electron chi connectivity index (χ0n) is 11.6. The van der Waals surface area contributed by atoms with Crippen LogP contribution in [0.15, 0.2) is 35.7 Å². The predicted molar refractivity (Wildman–Crippen MR) is 83.0 cm³/mol. The summed E-state index contributed by atoms with van der Waals surface area (Å²) in [5.74, 6) is 0.633. The second-order valence-corrected chi connectivity index (χ2v) is 6.29.